The van der Waals surface area contributed by atoms with Crippen LogP contribution in [0.5, 0.6) is 0 Å². The van der Waals surface area contributed by atoms with E-state index in [1.54, 1.807) is 0 Å². The van der Waals surface area contributed by atoms with Crippen LogP contribution >= 0.6 is 0 Å². The van der Waals surface area contributed by atoms with Crippen LogP contribution in [-0.4, -0.2) is 23.6 Å². The Kier molecular flexibility index (Phi) is 3.33. The molecule has 0 spiro atoms. The van der Waals surface area contributed by atoms with Crippen molar-refractivity contribution in [1.29, 1.82) is 0 Å². The monoisotopic (exact) mass is 245 g/mol. The summed E-state index contributed by atoms with van der Waals surface area (Å²) in [5.41, 5.74) is 4.00. The van der Waals surface area contributed by atoms with Crippen molar-refractivity contribution in [3.05, 3.63) is 22.8 Å². The molecule has 0 bridgehead atoms. The SMILES string of the molecule is CNCC1CCc2nc(CC3CC3)nc(C)c2C1. The van der Waals surface area contributed by atoms with Crippen molar-refractivity contribution in [2.45, 2.75) is 45.4 Å². The molecule has 1 heterocycles. The average molecular weight is 245 g/mol. The van der Waals surface area contributed by atoms with Crippen molar-refractivity contribution < 1.29 is 0 Å². The summed E-state index contributed by atoms with van der Waals surface area (Å²) in [6.07, 6.45) is 7.43. The molecule has 2 aliphatic carbocycles. The molecule has 0 saturated heterocycles. The third-order valence-corrected chi connectivity index (χ3v) is 4.29. The van der Waals surface area contributed by atoms with Crippen molar-refractivity contribution in [2.24, 2.45) is 11.8 Å². The van der Waals surface area contributed by atoms with E-state index in [1.807, 2.05) is 7.05 Å². The lowest BCUT2D eigenvalue weighted by atomic mass is 9.85. The van der Waals surface area contributed by atoms with E-state index in [1.165, 1.54) is 36.2 Å². The molecule has 1 atom stereocenters. The zero-order valence-electron chi connectivity index (χ0n) is 11.5. The number of aromatic nitrogens is 2. The summed E-state index contributed by atoms with van der Waals surface area (Å²) in [5, 5.41) is 3.29. The zero-order valence-corrected chi connectivity index (χ0v) is 11.5. The van der Waals surface area contributed by atoms with Crippen LogP contribution in [0.4, 0.5) is 0 Å². The first-order chi connectivity index (χ1) is 8.76. The topological polar surface area (TPSA) is 37.8 Å². The highest BCUT2D eigenvalue weighted by Crippen LogP contribution is 2.33. The molecular formula is C15H23N3. The molecule has 1 aromatic heterocycles. The van der Waals surface area contributed by atoms with Crippen LogP contribution in [0.3, 0.4) is 0 Å². The van der Waals surface area contributed by atoms with Gasteiger partial charge in [0.25, 0.3) is 0 Å². The van der Waals surface area contributed by atoms with Gasteiger partial charge in [0.15, 0.2) is 0 Å². The largest absolute Gasteiger partial charge is 0.319 e. The zero-order chi connectivity index (χ0) is 12.5. The second-order valence-corrected chi connectivity index (χ2v) is 5.96. The first kappa shape index (κ1) is 12.1. The van der Waals surface area contributed by atoms with Crippen LogP contribution in [0, 0.1) is 18.8 Å². The van der Waals surface area contributed by atoms with Crippen LogP contribution in [-0.2, 0) is 19.3 Å². The fourth-order valence-corrected chi connectivity index (χ4v) is 3.06. The van der Waals surface area contributed by atoms with Gasteiger partial charge in [0, 0.05) is 17.8 Å². The molecule has 0 aromatic carbocycles. The average Bonchev–Trinajstić information content (AvgIpc) is 3.14. The summed E-state index contributed by atoms with van der Waals surface area (Å²) < 4.78 is 0. The minimum atomic E-state index is 0.763. The van der Waals surface area contributed by atoms with Gasteiger partial charge in [-0.1, -0.05) is 0 Å². The van der Waals surface area contributed by atoms with E-state index in [-0.39, 0.29) is 0 Å². The molecule has 0 amide bonds. The lowest BCUT2D eigenvalue weighted by molar-refractivity contribution is 0.431. The molecule has 3 rings (SSSR count). The van der Waals surface area contributed by atoms with Crippen LogP contribution in [0.15, 0.2) is 0 Å². The van der Waals surface area contributed by atoms with Gasteiger partial charge < -0.3 is 5.32 Å². The van der Waals surface area contributed by atoms with E-state index in [9.17, 15) is 0 Å². The molecule has 0 aliphatic heterocycles. The summed E-state index contributed by atoms with van der Waals surface area (Å²) in [6, 6.07) is 0. The van der Waals surface area contributed by atoms with Crippen molar-refractivity contribution >= 4 is 0 Å². The van der Waals surface area contributed by atoms with Crippen LogP contribution in [0.25, 0.3) is 0 Å². The first-order valence-electron chi connectivity index (χ1n) is 7.26. The van der Waals surface area contributed by atoms with Gasteiger partial charge in [0.2, 0.25) is 0 Å². The summed E-state index contributed by atoms with van der Waals surface area (Å²) >= 11 is 0. The number of aryl methyl sites for hydroxylation is 2. The minimum absolute atomic E-state index is 0.763. The molecule has 1 unspecified atom stereocenters. The fraction of sp³-hybridized carbons (Fsp3) is 0.733. The molecule has 1 N–H and O–H groups in total. The summed E-state index contributed by atoms with van der Waals surface area (Å²) in [5.74, 6) is 2.74. The van der Waals surface area contributed by atoms with Crippen molar-refractivity contribution in [1.82, 2.24) is 15.3 Å². The highest BCUT2D eigenvalue weighted by Gasteiger charge is 2.26. The highest BCUT2D eigenvalue weighted by molar-refractivity contribution is 5.28. The van der Waals surface area contributed by atoms with Gasteiger partial charge in [-0.2, -0.15) is 0 Å². The third kappa shape index (κ3) is 2.56. The normalized spacial score (nSPS) is 22.9. The summed E-state index contributed by atoms with van der Waals surface area (Å²) in [4.78, 5) is 9.55. The van der Waals surface area contributed by atoms with Crippen molar-refractivity contribution in [3.63, 3.8) is 0 Å². The lowest BCUT2D eigenvalue weighted by Gasteiger charge is -2.25. The predicted molar refractivity (Wildman–Crippen MR) is 72.6 cm³/mol. The van der Waals surface area contributed by atoms with E-state index in [0.717, 1.165) is 43.5 Å². The number of nitrogens with one attached hydrogen (secondary N) is 1. The standard InChI is InChI=1S/C15H23N3/c1-10-13-7-12(9-16-2)5-6-14(13)18-15(17-10)8-11-3-4-11/h11-12,16H,3-9H2,1-2H3. The minimum Gasteiger partial charge on any atom is -0.319 e. The Bertz CT molecular complexity index is 438. The van der Waals surface area contributed by atoms with Crippen LogP contribution in [0.2, 0.25) is 0 Å². The van der Waals surface area contributed by atoms with Gasteiger partial charge in [0.1, 0.15) is 5.82 Å². The smallest absolute Gasteiger partial charge is 0.129 e. The van der Waals surface area contributed by atoms with Gasteiger partial charge in [-0.15, -0.1) is 0 Å². The second-order valence-electron chi connectivity index (χ2n) is 5.96. The second kappa shape index (κ2) is 4.96. The molecule has 98 valence electrons. The van der Waals surface area contributed by atoms with Gasteiger partial charge in [-0.05, 0) is 70.0 Å². The molecule has 2 aliphatic rings. The maximum absolute atomic E-state index is 4.82. The molecule has 1 fully saturated rings. The Labute approximate surface area is 109 Å². The van der Waals surface area contributed by atoms with Crippen LogP contribution < -0.4 is 5.32 Å². The maximum atomic E-state index is 4.82. The first-order valence-corrected chi connectivity index (χ1v) is 7.26. The van der Waals surface area contributed by atoms with Gasteiger partial charge in [-0.3, -0.25) is 0 Å². The summed E-state index contributed by atoms with van der Waals surface area (Å²) in [7, 11) is 2.04. The van der Waals surface area contributed by atoms with Gasteiger partial charge in [0.05, 0.1) is 0 Å². The number of nitrogens with zero attached hydrogens (tertiary/aromatic N) is 2. The number of hydrogen-bond acceptors (Lipinski definition) is 3. The highest BCUT2D eigenvalue weighted by atomic mass is 14.9. The Morgan fingerprint density at radius 2 is 2.00 bits per heavy atom. The Morgan fingerprint density at radius 3 is 2.72 bits per heavy atom. The van der Waals surface area contributed by atoms with Crippen LogP contribution in [0.1, 0.15) is 42.0 Å². The molecule has 1 aromatic rings. The van der Waals surface area contributed by atoms with Crippen molar-refractivity contribution in [2.75, 3.05) is 13.6 Å². The lowest BCUT2D eigenvalue weighted by Crippen LogP contribution is -2.26. The van der Waals surface area contributed by atoms with Gasteiger partial charge >= 0.3 is 0 Å². The number of fused-ring (bicyclic) bond motifs is 1. The Balaban J connectivity index is 1.80. The molecule has 0 radical (unpaired) electrons. The van der Waals surface area contributed by atoms with Crippen molar-refractivity contribution in [3.8, 4) is 0 Å². The molecule has 3 nitrogen and oxygen atoms in total. The van der Waals surface area contributed by atoms with E-state index in [4.69, 9.17) is 9.97 Å². The Morgan fingerprint density at radius 1 is 1.17 bits per heavy atom. The number of rotatable bonds is 4. The van der Waals surface area contributed by atoms with E-state index in [2.05, 4.69) is 12.2 Å². The van der Waals surface area contributed by atoms with E-state index in [0.29, 0.717) is 0 Å². The van der Waals surface area contributed by atoms with Gasteiger partial charge in [-0.25, -0.2) is 9.97 Å². The Hall–Kier alpha value is -0.960. The quantitative estimate of drug-likeness (QED) is 0.882. The maximum Gasteiger partial charge on any atom is 0.129 e. The number of hydrogen-bond donors (Lipinski definition) is 1. The summed E-state index contributed by atoms with van der Waals surface area (Å²) in [6.45, 7) is 3.28. The fourth-order valence-electron chi connectivity index (χ4n) is 3.06. The molecular weight excluding hydrogens is 222 g/mol. The molecule has 3 heteroatoms. The molecule has 1 saturated carbocycles. The third-order valence-electron chi connectivity index (χ3n) is 4.29. The van der Waals surface area contributed by atoms with E-state index < -0.39 is 0 Å². The molecule has 18 heavy (non-hydrogen) atoms. The predicted octanol–water partition coefficient (Wildman–Crippen LogP) is 2.06. The van der Waals surface area contributed by atoms with E-state index >= 15 is 0 Å².